The number of carbonyl (C=O) groups is 1. The van der Waals surface area contributed by atoms with E-state index in [9.17, 15) is 22.0 Å². The topological polar surface area (TPSA) is 114 Å². The molecule has 1 atom stereocenters. The normalized spacial score (nSPS) is 17.6. The van der Waals surface area contributed by atoms with E-state index in [-0.39, 0.29) is 36.0 Å². The second kappa shape index (κ2) is 13.0. The van der Waals surface area contributed by atoms with Crippen LogP contribution in [0.2, 0.25) is 0 Å². The molecule has 0 saturated carbocycles. The summed E-state index contributed by atoms with van der Waals surface area (Å²) in [6.07, 6.45) is 3.02. The number of amides is 2. The molecule has 0 unspecified atom stereocenters. The number of methoxy groups -OCH3 is 1. The van der Waals surface area contributed by atoms with Crippen molar-refractivity contribution in [3.63, 3.8) is 0 Å². The van der Waals surface area contributed by atoms with Crippen LogP contribution in [0.5, 0.6) is 0 Å². The number of aromatic nitrogens is 2. The van der Waals surface area contributed by atoms with Crippen LogP contribution in [-0.4, -0.2) is 69.0 Å². The smallest absolute Gasteiger partial charge is 0.327 e. The van der Waals surface area contributed by atoms with Crippen LogP contribution in [0.3, 0.4) is 0 Å². The average Bonchev–Trinajstić information content (AvgIpc) is 3.61. The molecule has 2 fully saturated rings. The van der Waals surface area contributed by atoms with Gasteiger partial charge in [-0.3, -0.25) is 14.5 Å². The van der Waals surface area contributed by atoms with E-state index in [0.717, 1.165) is 23.9 Å². The summed E-state index contributed by atoms with van der Waals surface area (Å²) >= 11 is 1.38. The zero-order chi connectivity index (χ0) is 32.6. The lowest BCUT2D eigenvalue weighted by atomic mass is 10.0. The Balaban J connectivity index is 1.41. The number of pyridine rings is 1. The van der Waals surface area contributed by atoms with Gasteiger partial charge in [0.25, 0.3) is 10.0 Å². The summed E-state index contributed by atoms with van der Waals surface area (Å²) in [7, 11) is -3.18. The van der Waals surface area contributed by atoms with Gasteiger partial charge in [-0.15, -0.1) is 11.3 Å². The van der Waals surface area contributed by atoms with Gasteiger partial charge in [0.2, 0.25) is 0 Å². The molecule has 6 rings (SSSR count). The van der Waals surface area contributed by atoms with Crippen molar-refractivity contribution in [1.82, 2.24) is 14.9 Å². The van der Waals surface area contributed by atoms with Crippen molar-refractivity contribution < 1.29 is 35.9 Å². The number of anilines is 2. The van der Waals surface area contributed by atoms with Crippen LogP contribution >= 0.6 is 11.3 Å². The van der Waals surface area contributed by atoms with E-state index in [1.807, 2.05) is 6.92 Å². The van der Waals surface area contributed by atoms with E-state index in [1.165, 1.54) is 36.6 Å². The van der Waals surface area contributed by atoms with Gasteiger partial charge in [0.1, 0.15) is 29.1 Å². The molecule has 0 spiro atoms. The molecule has 10 nitrogen and oxygen atoms in total. The van der Waals surface area contributed by atoms with Gasteiger partial charge in [0, 0.05) is 44.5 Å². The number of hydrogen-bond donors (Lipinski definition) is 1. The molecule has 2 aliphatic heterocycles. The Labute approximate surface area is 267 Å². The van der Waals surface area contributed by atoms with Gasteiger partial charge in [-0.05, 0) is 67.8 Å². The van der Waals surface area contributed by atoms with Crippen LogP contribution in [0.15, 0.2) is 59.6 Å². The summed E-state index contributed by atoms with van der Waals surface area (Å²) in [5, 5.41) is 0.760. The highest BCUT2D eigenvalue weighted by Crippen LogP contribution is 2.43. The number of benzene rings is 2. The fourth-order valence-corrected chi connectivity index (χ4v) is 7.91. The third kappa shape index (κ3) is 6.19. The van der Waals surface area contributed by atoms with Crippen molar-refractivity contribution in [2.75, 3.05) is 43.2 Å². The molecule has 2 aliphatic rings. The second-order valence-corrected chi connectivity index (χ2v) is 13.7. The van der Waals surface area contributed by atoms with Gasteiger partial charge in [-0.25, -0.2) is 36.4 Å². The third-order valence-corrected chi connectivity index (χ3v) is 10.6. The highest BCUT2D eigenvalue weighted by atomic mass is 32.2. The Morgan fingerprint density at radius 1 is 1.11 bits per heavy atom. The van der Waals surface area contributed by atoms with Crippen molar-refractivity contribution in [3.05, 3.63) is 77.2 Å². The maximum atomic E-state index is 16.2. The average molecular weight is 674 g/mol. The maximum absolute atomic E-state index is 16.2. The summed E-state index contributed by atoms with van der Waals surface area (Å²) in [6, 6.07) is 9.21. The van der Waals surface area contributed by atoms with Gasteiger partial charge >= 0.3 is 6.03 Å². The van der Waals surface area contributed by atoms with E-state index < -0.39 is 38.1 Å². The number of thiazole rings is 1. The largest absolute Gasteiger partial charge is 0.381 e. The van der Waals surface area contributed by atoms with E-state index in [4.69, 9.17) is 14.5 Å². The number of ether oxygens (including phenoxy) is 2. The van der Waals surface area contributed by atoms with Gasteiger partial charge in [0.05, 0.1) is 27.3 Å². The standard InChI is InChI=1S/C31H30F3N5O5S2/c1-18-16-38(31(40)39(18)17-43-2)26-14-20(8-11-35-26)29-28(36-30(45-29)19-9-12-44-13-10-19)22-4-3-5-24(27(22)34)37-46(41,42)25-15-21(32)6-7-23(25)33/h3-8,11,14-15,18-19,37H,9-10,12-13,16-17H2,1-2H3/t18-/m0/s1. The number of nitrogens with zero attached hydrogens (tertiary/aromatic N) is 4. The number of halogens is 3. The van der Waals surface area contributed by atoms with Gasteiger partial charge in [0.15, 0.2) is 5.82 Å². The third-order valence-electron chi connectivity index (χ3n) is 7.90. The SMILES string of the molecule is COCN1C(=O)N(c2cc(-c3sc(C4CCOCC4)nc3-c3cccc(NS(=O)(=O)c4cc(F)ccc4F)c3F)ccn2)C[C@@H]1C. The first kappa shape index (κ1) is 31.9. The number of hydrogen-bond acceptors (Lipinski definition) is 8. The Kier molecular flexibility index (Phi) is 9.01. The van der Waals surface area contributed by atoms with Crippen molar-refractivity contribution >= 4 is 38.9 Å². The van der Waals surface area contributed by atoms with Crippen LogP contribution in [0, 0.1) is 17.5 Å². The molecule has 2 aromatic heterocycles. The van der Waals surface area contributed by atoms with E-state index in [1.54, 1.807) is 28.1 Å². The molecule has 2 saturated heterocycles. The minimum Gasteiger partial charge on any atom is -0.381 e. The summed E-state index contributed by atoms with van der Waals surface area (Å²) < 4.78 is 83.1. The summed E-state index contributed by atoms with van der Waals surface area (Å²) in [5.74, 6) is -2.62. The Hall–Kier alpha value is -4.05. The van der Waals surface area contributed by atoms with Crippen molar-refractivity contribution in [2.24, 2.45) is 0 Å². The van der Waals surface area contributed by atoms with Crippen molar-refractivity contribution in [3.8, 4) is 21.7 Å². The predicted octanol–water partition coefficient (Wildman–Crippen LogP) is 6.22. The first-order chi connectivity index (χ1) is 22.1. The maximum Gasteiger partial charge on any atom is 0.327 e. The monoisotopic (exact) mass is 673 g/mol. The minimum absolute atomic E-state index is 0.0000216. The zero-order valence-corrected chi connectivity index (χ0v) is 26.5. The van der Waals surface area contributed by atoms with Crippen LogP contribution in [-0.2, 0) is 19.5 Å². The van der Waals surface area contributed by atoms with Crippen molar-refractivity contribution in [2.45, 2.75) is 36.6 Å². The molecule has 0 radical (unpaired) electrons. The fraction of sp³-hybridized carbons (Fsp3) is 0.323. The zero-order valence-electron chi connectivity index (χ0n) is 24.9. The molecule has 15 heteroatoms. The lowest BCUT2D eigenvalue weighted by Gasteiger charge is -2.19. The fourth-order valence-electron chi connectivity index (χ4n) is 5.52. The lowest BCUT2D eigenvalue weighted by Crippen LogP contribution is -2.35. The van der Waals surface area contributed by atoms with E-state index in [0.29, 0.717) is 48.1 Å². The molecular weight excluding hydrogens is 643 g/mol. The molecule has 4 heterocycles. The highest BCUT2D eigenvalue weighted by Gasteiger charge is 2.36. The number of nitrogens with one attached hydrogen (secondary N) is 1. The predicted molar refractivity (Wildman–Crippen MR) is 167 cm³/mol. The number of urea groups is 1. The number of sulfonamides is 1. The first-order valence-electron chi connectivity index (χ1n) is 14.5. The highest BCUT2D eigenvalue weighted by molar-refractivity contribution is 7.92. The van der Waals surface area contributed by atoms with E-state index in [2.05, 4.69) is 9.71 Å². The molecule has 1 N–H and O–H groups in total. The summed E-state index contributed by atoms with van der Waals surface area (Å²) in [6.45, 7) is 3.56. The van der Waals surface area contributed by atoms with Crippen LogP contribution in [0.25, 0.3) is 21.7 Å². The first-order valence-corrected chi connectivity index (χ1v) is 16.8. The van der Waals surface area contributed by atoms with E-state index >= 15 is 4.39 Å². The van der Waals surface area contributed by atoms with Crippen molar-refractivity contribution in [1.29, 1.82) is 0 Å². The van der Waals surface area contributed by atoms with Gasteiger partial charge in [-0.1, -0.05) is 6.07 Å². The molecule has 2 aromatic carbocycles. The van der Waals surface area contributed by atoms with Gasteiger partial charge < -0.3 is 9.47 Å². The Bertz CT molecular complexity index is 1880. The second-order valence-electron chi connectivity index (χ2n) is 11.0. The molecule has 46 heavy (non-hydrogen) atoms. The Morgan fingerprint density at radius 2 is 1.89 bits per heavy atom. The van der Waals surface area contributed by atoms with Crippen LogP contribution in [0.4, 0.5) is 29.5 Å². The summed E-state index contributed by atoms with van der Waals surface area (Å²) in [5.41, 5.74) is 0.438. The minimum atomic E-state index is -4.69. The molecular formula is C31H30F3N5O5S2. The quantitative estimate of drug-likeness (QED) is 0.225. The molecule has 2 amide bonds. The molecule has 0 bridgehead atoms. The summed E-state index contributed by atoms with van der Waals surface area (Å²) in [4.78, 5) is 25.2. The number of rotatable bonds is 9. The van der Waals surface area contributed by atoms with Gasteiger partial charge in [-0.2, -0.15) is 0 Å². The van der Waals surface area contributed by atoms with Crippen LogP contribution < -0.4 is 9.62 Å². The van der Waals surface area contributed by atoms with Crippen LogP contribution in [0.1, 0.15) is 30.7 Å². The number of carbonyl (C=O) groups excluding carboxylic acids is 1. The molecule has 0 aliphatic carbocycles. The Morgan fingerprint density at radius 3 is 2.65 bits per heavy atom. The molecule has 4 aromatic rings. The molecule has 242 valence electrons. The lowest BCUT2D eigenvalue weighted by molar-refractivity contribution is 0.0800.